The molecule has 0 fully saturated rings. The lowest BCUT2D eigenvalue weighted by Crippen LogP contribution is -2.20. The number of methoxy groups -OCH3 is 1. The van der Waals surface area contributed by atoms with Crippen molar-refractivity contribution in [3.05, 3.63) is 45.8 Å². The van der Waals surface area contributed by atoms with Gasteiger partial charge in [-0.25, -0.2) is 0 Å². The number of phenolic OH excluding ortho intramolecular Hbond substituents is 2. The van der Waals surface area contributed by atoms with Gasteiger partial charge in [-0.1, -0.05) is 18.2 Å². The van der Waals surface area contributed by atoms with Crippen LogP contribution in [0.4, 0.5) is 0 Å². The molecule has 128 valence electrons. The van der Waals surface area contributed by atoms with Gasteiger partial charge in [-0.2, -0.15) is 0 Å². The van der Waals surface area contributed by atoms with Crippen molar-refractivity contribution in [1.82, 2.24) is 0 Å². The standard InChI is InChI=1S/C18H14O7/c1-7-12(19)11-14(21)10-8-5-3-4-6-9(8)24-18(22)16(10)25-15(11)17(23-2)13(7)20/h3-6,18-20,22H,1-2H3. The van der Waals surface area contributed by atoms with Crippen LogP contribution in [0.3, 0.4) is 0 Å². The van der Waals surface area contributed by atoms with Gasteiger partial charge in [0.2, 0.25) is 11.2 Å². The lowest BCUT2D eigenvalue weighted by Gasteiger charge is -2.24. The van der Waals surface area contributed by atoms with Crippen molar-refractivity contribution < 1.29 is 29.2 Å². The van der Waals surface area contributed by atoms with Crippen molar-refractivity contribution in [3.63, 3.8) is 0 Å². The molecule has 0 aliphatic carbocycles. The Balaban J connectivity index is 2.23. The number of benzene rings is 2. The second-order valence-electron chi connectivity index (χ2n) is 5.70. The SMILES string of the molecule is COc1c(O)c(C)c(O)c2c(=O)c3c(oc12)C(O)Oc1ccccc1-3. The maximum Gasteiger partial charge on any atom is 0.257 e. The van der Waals surface area contributed by atoms with Gasteiger partial charge < -0.3 is 29.2 Å². The number of hydrogen-bond acceptors (Lipinski definition) is 7. The van der Waals surface area contributed by atoms with Gasteiger partial charge in [0.1, 0.15) is 16.9 Å². The fourth-order valence-electron chi connectivity index (χ4n) is 3.07. The van der Waals surface area contributed by atoms with E-state index in [9.17, 15) is 20.1 Å². The molecule has 1 aliphatic heterocycles. The molecule has 2 heterocycles. The molecule has 1 aromatic heterocycles. The number of phenols is 2. The van der Waals surface area contributed by atoms with E-state index in [1.54, 1.807) is 24.3 Å². The third kappa shape index (κ3) is 1.93. The molecule has 7 heteroatoms. The van der Waals surface area contributed by atoms with E-state index in [4.69, 9.17) is 13.9 Å². The van der Waals surface area contributed by atoms with E-state index in [1.165, 1.54) is 14.0 Å². The summed E-state index contributed by atoms with van der Waals surface area (Å²) in [5.74, 6) is -0.630. The number of para-hydroxylation sites is 1. The van der Waals surface area contributed by atoms with Gasteiger partial charge in [0, 0.05) is 11.1 Å². The maximum absolute atomic E-state index is 13.1. The molecule has 0 amide bonds. The van der Waals surface area contributed by atoms with Crippen LogP contribution in [0.1, 0.15) is 17.6 Å². The number of fused-ring (bicyclic) bond motifs is 4. The molecule has 0 saturated carbocycles. The van der Waals surface area contributed by atoms with Crippen molar-refractivity contribution in [1.29, 1.82) is 0 Å². The first-order valence-electron chi connectivity index (χ1n) is 7.49. The smallest absolute Gasteiger partial charge is 0.257 e. The van der Waals surface area contributed by atoms with Gasteiger partial charge in [0.25, 0.3) is 6.29 Å². The molecule has 4 rings (SSSR count). The monoisotopic (exact) mass is 342 g/mol. The van der Waals surface area contributed by atoms with Crippen LogP contribution in [0.2, 0.25) is 0 Å². The largest absolute Gasteiger partial charge is 0.507 e. The van der Waals surface area contributed by atoms with Crippen molar-refractivity contribution in [3.8, 4) is 34.1 Å². The Bertz CT molecular complexity index is 1080. The molecule has 0 saturated heterocycles. The first kappa shape index (κ1) is 15.3. The van der Waals surface area contributed by atoms with Crippen LogP contribution in [-0.2, 0) is 0 Å². The first-order chi connectivity index (χ1) is 12.0. The van der Waals surface area contributed by atoms with E-state index in [-0.39, 0.29) is 39.4 Å². The molecule has 1 unspecified atom stereocenters. The Kier molecular flexibility index (Phi) is 3.16. The van der Waals surface area contributed by atoms with Gasteiger partial charge in [-0.05, 0) is 13.0 Å². The van der Waals surface area contributed by atoms with Crippen molar-refractivity contribution in [2.45, 2.75) is 13.2 Å². The molecule has 7 nitrogen and oxygen atoms in total. The Hall–Kier alpha value is -3.19. The Morgan fingerprint density at radius 1 is 1.16 bits per heavy atom. The van der Waals surface area contributed by atoms with Crippen molar-refractivity contribution >= 4 is 11.0 Å². The predicted octanol–water partition coefficient (Wildman–Crippen LogP) is 2.57. The summed E-state index contributed by atoms with van der Waals surface area (Å²) in [4.78, 5) is 13.1. The third-order valence-corrected chi connectivity index (χ3v) is 4.33. The fraction of sp³-hybridized carbons (Fsp3) is 0.167. The zero-order chi connectivity index (χ0) is 17.9. The minimum Gasteiger partial charge on any atom is -0.507 e. The topological polar surface area (TPSA) is 109 Å². The summed E-state index contributed by atoms with van der Waals surface area (Å²) in [6.07, 6.45) is -1.50. The Morgan fingerprint density at radius 3 is 2.60 bits per heavy atom. The molecule has 0 spiro atoms. The van der Waals surface area contributed by atoms with E-state index in [0.717, 1.165) is 0 Å². The lowest BCUT2D eigenvalue weighted by molar-refractivity contribution is -0.0376. The van der Waals surface area contributed by atoms with E-state index in [0.29, 0.717) is 11.3 Å². The highest BCUT2D eigenvalue weighted by Gasteiger charge is 2.33. The molecular weight excluding hydrogens is 328 g/mol. The highest BCUT2D eigenvalue weighted by atomic mass is 16.6. The van der Waals surface area contributed by atoms with Crippen LogP contribution >= 0.6 is 0 Å². The first-order valence-corrected chi connectivity index (χ1v) is 7.49. The molecule has 2 aromatic carbocycles. The summed E-state index contributed by atoms with van der Waals surface area (Å²) in [5, 5.41) is 30.6. The van der Waals surface area contributed by atoms with E-state index >= 15 is 0 Å². The Morgan fingerprint density at radius 2 is 1.88 bits per heavy atom. The minimum atomic E-state index is -1.50. The normalized spacial score (nSPS) is 15.4. The zero-order valence-electron chi connectivity index (χ0n) is 13.4. The van der Waals surface area contributed by atoms with Crippen LogP contribution in [-0.4, -0.2) is 22.4 Å². The summed E-state index contributed by atoms with van der Waals surface area (Å²) in [7, 11) is 1.30. The van der Waals surface area contributed by atoms with E-state index < -0.39 is 17.5 Å². The number of aliphatic hydroxyl groups excluding tert-OH is 1. The number of aromatic hydroxyl groups is 2. The summed E-state index contributed by atoms with van der Waals surface area (Å²) in [5.41, 5.74) is -0.0665. The summed E-state index contributed by atoms with van der Waals surface area (Å²) in [6, 6.07) is 6.70. The zero-order valence-corrected chi connectivity index (χ0v) is 13.4. The molecule has 25 heavy (non-hydrogen) atoms. The minimum absolute atomic E-state index is 0.0949. The summed E-state index contributed by atoms with van der Waals surface area (Å²) >= 11 is 0. The second kappa shape index (κ2) is 5.15. The Labute approximate surface area is 141 Å². The predicted molar refractivity (Wildman–Crippen MR) is 88.1 cm³/mol. The van der Waals surface area contributed by atoms with Crippen LogP contribution < -0.4 is 14.9 Å². The quantitative estimate of drug-likeness (QED) is 0.623. The number of ether oxygens (including phenoxy) is 2. The molecule has 1 aliphatic rings. The van der Waals surface area contributed by atoms with Crippen LogP contribution in [0.15, 0.2) is 33.5 Å². The second-order valence-corrected chi connectivity index (χ2v) is 5.70. The molecule has 1 atom stereocenters. The number of hydrogen-bond donors (Lipinski definition) is 3. The number of aliphatic hydroxyl groups is 1. The van der Waals surface area contributed by atoms with Crippen molar-refractivity contribution in [2.24, 2.45) is 0 Å². The highest BCUT2D eigenvalue weighted by molar-refractivity contribution is 5.95. The molecular formula is C18H14O7. The molecule has 3 N–H and O–H groups in total. The lowest BCUT2D eigenvalue weighted by atomic mass is 9.97. The van der Waals surface area contributed by atoms with E-state index in [1.807, 2.05) is 0 Å². The van der Waals surface area contributed by atoms with Crippen LogP contribution in [0.25, 0.3) is 22.1 Å². The fourth-order valence-corrected chi connectivity index (χ4v) is 3.07. The average molecular weight is 342 g/mol. The van der Waals surface area contributed by atoms with Gasteiger partial charge in [0.15, 0.2) is 17.1 Å². The van der Waals surface area contributed by atoms with Gasteiger partial charge >= 0.3 is 0 Å². The van der Waals surface area contributed by atoms with Gasteiger partial charge in [0.05, 0.1) is 12.7 Å². The summed E-state index contributed by atoms with van der Waals surface area (Å²) in [6.45, 7) is 1.46. The summed E-state index contributed by atoms with van der Waals surface area (Å²) < 4.78 is 16.2. The molecule has 3 aromatic rings. The molecule has 0 radical (unpaired) electrons. The van der Waals surface area contributed by atoms with Gasteiger partial charge in [-0.15, -0.1) is 0 Å². The van der Waals surface area contributed by atoms with Gasteiger partial charge in [-0.3, -0.25) is 4.79 Å². The third-order valence-electron chi connectivity index (χ3n) is 4.33. The van der Waals surface area contributed by atoms with Crippen LogP contribution in [0.5, 0.6) is 23.0 Å². The number of rotatable bonds is 1. The van der Waals surface area contributed by atoms with Crippen LogP contribution in [0, 0.1) is 6.92 Å². The highest BCUT2D eigenvalue weighted by Crippen LogP contribution is 2.47. The maximum atomic E-state index is 13.1. The molecule has 0 bridgehead atoms. The average Bonchev–Trinajstić information content (AvgIpc) is 2.60. The van der Waals surface area contributed by atoms with Crippen molar-refractivity contribution in [2.75, 3.05) is 7.11 Å². The van der Waals surface area contributed by atoms with E-state index in [2.05, 4.69) is 0 Å².